The smallest absolute Gasteiger partial charge is 0.221 e. The van der Waals surface area contributed by atoms with E-state index < -0.39 is 0 Å². The van der Waals surface area contributed by atoms with Crippen molar-refractivity contribution in [2.75, 3.05) is 18.0 Å². The fraction of sp³-hybridized carbons (Fsp3) is 0.429. The summed E-state index contributed by atoms with van der Waals surface area (Å²) in [6.45, 7) is 3.70. The Morgan fingerprint density at radius 3 is 3.14 bits per heavy atom. The molecule has 108 valence electrons. The Bertz CT molecular complexity index is 767. The van der Waals surface area contributed by atoms with Crippen molar-refractivity contribution in [3.05, 3.63) is 29.6 Å². The second-order valence-corrected chi connectivity index (χ2v) is 6.19. The number of hydrogen-bond donors (Lipinski definition) is 0. The Morgan fingerprint density at radius 1 is 1.33 bits per heavy atom. The van der Waals surface area contributed by atoms with Crippen LogP contribution < -0.4 is 4.90 Å². The lowest BCUT2D eigenvalue weighted by Crippen LogP contribution is -2.35. The molecule has 4 heterocycles. The van der Waals surface area contributed by atoms with Crippen LogP contribution in [0.4, 0.5) is 5.82 Å². The molecule has 1 aliphatic rings. The fourth-order valence-corrected chi connectivity index (χ4v) is 3.71. The summed E-state index contributed by atoms with van der Waals surface area (Å²) in [5.41, 5.74) is 1.01. The molecule has 1 fully saturated rings. The number of anilines is 1. The molecule has 21 heavy (non-hydrogen) atoms. The third-order valence-corrected chi connectivity index (χ3v) is 4.74. The molecule has 6 nitrogen and oxygen atoms in total. The van der Waals surface area contributed by atoms with Gasteiger partial charge in [0.1, 0.15) is 12.1 Å². The van der Waals surface area contributed by atoms with Crippen LogP contribution in [0.2, 0.25) is 0 Å². The van der Waals surface area contributed by atoms with Crippen LogP contribution in [0.3, 0.4) is 0 Å². The van der Waals surface area contributed by atoms with E-state index in [4.69, 9.17) is 4.42 Å². The third kappa shape index (κ3) is 2.27. The summed E-state index contributed by atoms with van der Waals surface area (Å²) in [6, 6.07) is 2.04. The maximum absolute atomic E-state index is 5.60. The van der Waals surface area contributed by atoms with Gasteiger partial charge in [0.2, 0.25) is 11.8 Å². The van der Waals surface area contributed by atoms with Crippen LogP contribution in [0.15, 0.2) is 22.2 Å². The van der Waals surface area contributed by atoms with Crippen molar-refractivity contribution in [3.63, 3.8) is 0 Å². The van der Waals surface area contributed by atoms with E-state index in [1.165, 1.54) is 0 Å². The van der Waals surface area contributed by atoms with E-state index in [0.29, 0.717) is 5.89 Å². The van der Waals surface area contributed by atoms with Crippen LogP contribution in [0, 0.1) is 6.92 Å². The monoisotopic (exact) mass is 301 g/mol. The first-order valence-corrected chi connectivity index (χ1v) is 7.92. The standard InChI is InChI=1S/C14H15N5OS/c1-9-17-18-14(20-9)10-3-2-5-19(7-10)13-12-11(4-6-21-12)15-8-16-13/h4,6,8,10H,2-3,5,7H2,1H3. The zero-order chi connectivity index (χ0) is 14.2. The molecule has 1 unspecified atom stereocenters. The van der Waals surface area contributed by atoms with Crippen molar-refractivity contribution in [2.45, 2.75) is 25.7 Å². The lowest BCUT2D eigenvalue weighted by atomic mass is 9.98. The van der Waals surface area contributed by atoms with Gasteiger partial charge in [-0.15, -0.1) is 21.5 Å². The summed E-state index contributed by atoms with van der Waals surface area (Å²) in [5, 5.41) is 10.2. The van der Waals surface area contributed by atoms with E-state index in [-0.39, 0.29) is 5.92 Å². The molecule has 0 N–H and O–H groups in total. The predicted molar refractivity (Wildman–Crippen MR) is 80.6 cm³/mol. The molecular formula is C14H15N5OS. The maximum Gasteiger partial charge on any atom is 0.221 e. The third-order valence-electron chi connectivity index (χ3n) is 3.84. The molecule has 1 aliphatic heterocycles. The van der Waals surface area contributed by atoms with Crippen molar-refractivity contribution in [1.29, 1.82) is 0 Å². The molecule has 4 rings (SSSR count). The Morgan fingerprint density at radius 2 is 2.29 bits per heavy atom. The molecule has 0 aliphatic carbocycles. The highest BCUT2D eigenvalue weighted by Gasteiger charge is 2.27. The number of thiophene rings is 1. The molecular weight excluding hydrogens is 286 g/mol. The van der Waals surface area contributed by atoms with Crippen molar-refractivity contribution >= 4 is 27.4 Å². The van der Waals surface area contributed by atoms with Gasteiger partial charge < -0.3 is 9.32 Å². The van der Waals surface area contributed by atoms with Gasteiger partial charge in [-0.05, 0) is 24.3 Å². The van der Waals surface area contributed by atoms with Crippen molar-refractivity contribution in [2.24, 2.45) is 0 Å². The fourth-order valence-electron chi connectivity index (χ4n) is 2.85. The van der Waals surface area contributed by atoms with E-state index in [9.17, 15) is 0 Å². The highest BCUT2D eigenvalue weighted by atomic mass is 32.1. The number of hydrogen-bond acceptors (Lipinski definition) is 7. The molecule has 0 amide bonds. The zero-order valence-corrected chi connectivity index (χ0v) is 12.5. The van der Waals surface area contributed by atoms with Gasteiger partial charge in [-0.1, -0.05) is 0 Å². The normalized spacial score (nSPS) is 19.3. The Hall–Kier alpha value is -2.02. The quantitative estimate of drug-likeness (QED) is 0.725. The van der Waals surface area contributed by atoms with Gasteiger partial charge in [0.15, 0.2) is 0 Å². The van der Waals surface area contributed by atoms with Gasteiger partial charge in [-0.3, -0.25) is 0 Å². The summed E-state index contributed by atoms with van der Waals surface area (Å²) < 4.78 is 6.75. The second kappa shape index (κ2) is 5.07. The molecule has 0 saturated carbocycles. The van der Waals surface area contributed by atoms with Gasteiger partial charge in [-0.2, -0.15) is 0 Å². The first kappa shape index (κ1) is 12.7. The van der Waals surface area contributed by atoms with Crippen LogP contribution in [0.25, 0.3) is 10.2 Å². The largest absolute Gasteiger partial charge is 0.425 e. The molecule has 1 atom stereocenters. The van der Waals surface area contributed by atoms with Crippen LogP contribution in [0.5, 0.6) is 0 Å². The van der Waals surface area contributed by atoms with E-state index in [0.717, 1.165) is 47.9 Å². The molecule has 0 spiro atoms. The Kier molecular flexibility index (Phi) is 3.07. The molecule has 0 bridgehead atoms. The van der Waals surface area contributed by atoms with Crippen LogP contribution in [-0.4, -0.2) is 33.3 Å². The average Bonchev–Trinajstić information content (AvgIpc) is 3.15. The predicted octanol–water partition coefficient (Wildman–Crippen LogP) is 2.77. The number of piperidine rings is 1. The van der Waals surface area contributed by atoms with E-state index in [2.05, 4.69) is 30.4 Å². The Balaban J connectivity index is 1.65. The van der Waals surface area contributed by atoms with Gasteiger partial charge in [0, 0.05) is 20.0 Å². The molecule has 3 aromatic heterocycles. The minimum Gasteiger partial charge on any atom is -0.425 e. The summed E-state index contributed by atoms with van der Waals surface area (Å²) in [5.74, 6) is 2.68. The van der Waals surface area contributed by atoms with Gasteiger partial charge in [0.25, 0.3) is 0 Å². The van der Waals surface area contributed by atoms with Crippen molar-refractivity contribution < 1.29 is 4.42 Å². The lowest BCUT2D eigenvalue weighted by molar-refractivity contribution is 0.388. The highest BCUT2D eigenvalue weighted by Crippen LogP contribution is 2.33. The van der Waals surface area contributed by atoms with Crippen LogP contribution in [0.1, 0.15) is 30.5 Å². The minimum atomic E-state index is 0.282. The van der Waals surface area contributed by atoms with E-state index in [1.54, 1.807) is 17.7 Å². The summed E-state index contributed by atoms with van der Waals surface area (Å²) in [7, 11) is 0. The van der Waals surface area contributed by atoms with E-state index >= 15 is 0 Å². The first-order valence-electron chi connectivity index (χ1n) is 7.04. The molecule has 7 heteroatoms. The molecule has 3 aromatic rings. The second-order valence-electron chi connectivity index (χ2n) is 5.28. The summed E-state index contributed by atoms with van der Waals surface area (Å²) >= 11 is 1.69. The number of aromatic nitrogens is 4. The summed E-state index contributed by atoms with van der Waals surface area (Å²) in [6.07, 6.45) is 3.82. The Labute approximate surface area is 125 Å². The zero-order valence-electron chi connectivity index (χ0n) is 11.7. The van der Waals surface area contributed by atoms with Crippen LogP contribution in [-0.2, 0) is 0 Å². The van der Waals surface area contributed by atoms with Crippen LogP contribution >= 0.6 is 11.3 Å². The van der Waals surface area contributed by atoms with Crippen molar-refractivity contribution in [3.8, 4) is 0 Å². The summed E-state index contributed by atoms with van der Waals surface area (Å²) in [4.78, 5) is 11.1. The topological polar surface area (TPSA) is 67.9 Å². The highest BCUT2D eigenvalue weighted by molar-refractivity contribution is 7.17. The molecule has 0 aromatic carbocycles. The van der Waals surface area contributed by atoms with Gasteiger partial charge in [-0.25, -0.2) is 9.97 Å². The number of aryl methyl sites for hydroxylation is 1. The van der Waals surface area contributed by atoms with Gasteiger partial charge in [0.05, 0.1) is 16.1 Å². The van der Waals surface area contributed by atoms with Gasteiger partial charge >= 0.3 is 0 Å². The number of nitrogens with zero attached hydrogens (tertiary/aromatic N) is 5. The minimum absolute atomic E-state index is 0.282. The number of fused-ring (bicyclic) bond motifs is 1. The van der Waals surface area contributed by atoms with E-state index in [1.807, 2.05) is 13.0 Å². The maximum atomic E-state index is 5.60. The first-order chi connectivity index (χ1) is 10.3. The molecule has 1 saturated heterocycles. The van der Waals surface area contributed by atoms with Crippen molar-refractivity contribution in [1.82, 2.24) is 20.2 Å². The number of rotatable bonds is 2. The SMILES string of the molecule is Cc1nnc(C2CCCN(c3ncnc4ccsc34)C2)o1. The molecule has 0 radical (unpaired) electrons. The lowest BCUT2D eigenvalue weighted by Gasteiger charge is -2.32. The average molecular weight is 301 g/mol.